The first-order chi connectivity index (χ1) is 15.0. The summed E-state index contributed by atoms with van der Waals surface area (Å²) >= 11 is 0. The average Bonchev–Trinajstić information content (AvgIpc) is 2.68. The van der Waals surface area contributed by atoms with Crippen molar-refractivity contribution in [2.75, 3.05) is 5.32 Å². The largest absolute Gasteiger partial charge is 0.460 e. The SMILES string of the molecule is CC(CC(=O)C(NC(=O)C(C)(C)C)C(C)C)C(=O)Nc1ccc(COC(=O)C(C)(C)C)cc1. The maximum absolute atomic E-state index is 12.8. The zero-order valence-electron chi connectivity index (χ0n) is 21.5. The van der Waals surface area contributed by atoms with E-state index in [4.69, 9.17) is 4.74 Å². The molecule has 0 aliphatic rings. The normalized spacial score (nSPS) is 13.8. The first-order valence-corrected chi connectivity index (χ1v) is 11.4. The Kier molecular flexibility index (Phi) is 9.82. The molecule has 2 N–H and O–H groups in total. The average molecular weight is 461 g/mol. The highest BCUT2D eigenvalue weighted by Crippen LogP contribution is 2.19. The quantitative estimate of drug-likeness (QED) is 0.529. The standard InChI is InChI=1S/C26H40N2O5/c1-16(2)21(28-23(31)25(4,5)6)20(29)14-17(3)22(30)27-19-12-10-18(11-13-19)15-33-24(32)26(7,8)9/h10-13,16-17,21H,14-15H2,1-9H3,(H,27,30)(H,28,31). The Morgan fingerprint density at radius 2 is 1.42 bits per heavy atom. The maximum atomic E-state index is 12.8. The molecule has 0 aromatic heterocycles. The third-order valence-electron chi connectivity index (χ3n) is 5.14. The maximum Gasteiger partial charge on any atom is 0.311 e. The zero-order valence-corrected chi connectivity index (χ0v) is 21.5. The monoisotopic (exact) mass is 460 g/mol. The van der Waals surface area contributed by atoms with Gasteiger partial charge in [0.15, 0.2) is 5.78 Å². The van der Waals surface area contributed by atoms with Crippen LogP contribution >= 0.6 is 0 Å². The predicted octanol–water partition coefficient (Wildman–Crippen LogP) is 4.50. The minimum atomic E-state index is -0.637. The summed E-state index contributed by atoms with van der Waals surface area (Å²) in [5.41, 5.74) is 0.231. The van der Waals surface area contributed by atoms with E-state index in [2.05, 4.69) is 10.6 Å². The number of amides is 2. The van der Waals surface area contributed by atoms with E-state index in [0.717, 1.165) is 5.56 Å². The molecule has 7 nitrogen and oxygen atoms in total. The van der Waals surface area contributed by atoms with E-state index in [0.29, 0.717) is 5.69 Å². The molecule has 0 bridgehead atoms. The number of hydrogen-bond donors (Lipinski definition) is 2. The van der Waals surface area contributed by atoms with Crippen LogP contribution in [0.3, 0.4) is 0 Å². The lowest BCUT2D eigenvalue weighted by Crippen LogP contribution is -2.49. The Morgan fingerprint density at radius 1 is 0.879 bits per heavy atom. The molecule has 1 rings (SSSR count). The van der Waals surface area contributed by atoms with E-state index in [1.54, 1.807) is 72.7 Å². The van der Waals surface area contributed by atoms with Gasteiger partial charge in [-0.05, 0) is 44.4 Å². The fourth-order valence-corrected chi connectivity index (χ4v) is 2.81. The van der Waals surface area contributed by atoms with E-state index in [1.807, 2.05) is 13.8 Å². The summed E-state index contributed by atoms with van der Waals surface area (Å²) in [6.07, 6.45) is 0.0277. The minimum absolute atomic E-state index is 0.0277. The summed E-state index contributed by atoms with van der Waals surface area (Å²) in [6, 6.07) is 6.37. The van der Waals surface area contributed by atoms with Crippen LogP contribution in [0.4, 0.5) is 5.69 Å². The van der Waals surface area contributed by atoms with Crippen LogP contribution in [0.2, 0.25) is 0 Å². The molecule has 0 saturated heterocycles. The lowest BCUT2D eigenvalue weighted by atomic mass is 9.90. The molecule has 1 aromatic carbocycles. The molecule has 2 unspecified atom stereocenters. The van der Waals surface area contributed by atoms with Gasteiger partial charge in [-0.25, -0.2) is 0 Å². The Balaban J connectivity index is 2.67. The van der Waals surface area contributed by atoms with Gasteiger partial charge in [-0.3, -0.25) is 19.2 Å². The summed E-state index contributed by atoms with van der Waals surface area (Å²) < 4.78 is 5.29. The summed E-state index contributed by atoms with van der Waals surface area (Å²) in [4.78, 5) is 49.6. The fraction of sp³-hybridized carbons (Fsp3) is 0.615. The van der Waals surface area contributed by atoms with E-state index < -0.39 is 22.8 Å². The highest BCUT2D eigenvalue weighted by atomic mass is 16.5. The van der Waals surface area contributed by atoms with E-state index in [-0.39, 0.29) is 42.5 Å². The van der Waals surface area contributed by atoms with Crippen molar-refractivity contribution in [3.05, 3.63) is 29.8 Å². The van der Waals surface area contributed by atoms with Gasteiger partial charge in [0.1, 0.15) is 6.61 Å². The first kappa shape index (κ1) is 28.3. The number of nitrogens with one attached hydrogen (secondary N) is 2. The number of carbonyl (C=O) groups excluding carboxylic acids is 4. The predicted molar refractivity (Wildman–Crippen MR) is 129 cm³/mol. The Morgan fingerprint density at radius 3 is 1.88 bits per heavy atom. The van der Waals surface area contributed by atoms with Crippen molar-refractivity contribution >= 4 is 29.3 Å². The topological polar surface area (TPSA) is 102 Å². The summed E-state index contributed by atoms with van der Waals surface area (Å²) in [6.45, 7) is 16.3. The second-order valence-corrected chi connectivity index (χ2v) is 11.0. The van der Waals surface area contributed by atoms with Crippen molar-refractivity contribution in [2.45, 2.75) is 81.4 Å². The van der Waals surface area contributed by atoms with E-state index >= 15 is 0 Å². The van der Waals surface area contributed by atoms with Crippen molar-refractivity contribution in [1.29, 1.82) is 0 Å². The molecule has 2 atom stereocenters. The number of Topliss-reactive ketones (excluding diaryl/α,β-unsaturated/α-hetero) is 1. The molecular weight excluding hydrogens is 420 g/mol. The van der Waals surface area contributed by atoms with Crippen LogP contribution in [0, 0.1) is 22.7 Å². The highest BCUT2D eigenvalue weighted by Gasteiger charge is 2.31. The van der Waals surface area contributed by atoms with Gasteiger partial charge in [0.25, 0.3) is 0 Å². The van der Waals surface area contributed by atoms with Crippen molar-refractivity contribution in [1.82, 2.24) is 5.32 Å². The number of hydrogen-bond acceptors (Lipinski definition) is 5. The second-order valence-electron chi connectivity index (χ2n) is 11.0. The molecule has 184 valence electrons. The Bertz CT molecular complexity index is 845. The van der Waals surface area contributed by atoms with Crippen LogP contribution in [-0.4, -0.2) is 29.6 Å². The van der Waals surface area contributed by atoms with Crippen molar-refractivity contribution in [3.63, 3.8) is 0 Å². The third kappa shape index (κ3) is 9.36. The van der Waals surface area contributed by atoms with Gasteiger partial charge in [0, 0.05) is 23.4 Å². The van der Waals surface area contributed by atoms with Crippen LogP contribution in [-0.2, 0) is 30.5 Å². The van der Waals surface area contributed by atoms with Gasteiger partial charge in [0.05, 0.1) is 11.5 Å². The van der Waals surface area contributed by atoms with Crippen molar-refractivity contribution < 1.29 is 23.9 Å². The van der Waals surface area contributed by atoms with Gasteiger partial charge in [0.2, 0.25) is 11.8 Å². The van der Waals surface area contributed by atoms with Gasteiger partial charge in [-0.2, -0.15) is 0 Å². The van der Waals surface area contributed by atoms with E-state index in [1.165, 1.54) is 0 Å². The number of ketones is 1. The molecule has 0 fully saturated rings. The third-order valence-corrected chi connectivity index (χ3v) is 5.14. The van der Waals surface area contributed by atoms with Gasteiger partial charge in [-0.1, -0.05) is 53.7 Å². The molecule has 0 spiro atoms. The number of carbonyl (C=O) groups is 4. The summed E-state index contributed by atoms with van der Waals surface area (Å²) in [5, 5.41) is 5.64. The number of esters is 1. The number of anilines is 1. The van der Waals surface area contributed by atoms with E-state index in [9.17, 15) is 19.2 Å². The van der Waals surface area contributed by atoms with Crippen molar-refractivity contribution in [2.24, 2.45) is 22.7 Å². The first-order valence-electron chi connectivity index (χ1n) is 11.4. The summed E-state index contributed by atoms with van der Waals surface area (Å²) in [7, 11) is 0. The molecule has 33 heavy (non-hydrogen) atoms. The Hall–Kier alpha value is -2.70. The van der Waals surface area contributed by atoms with Gasteiger partial charge < -0.3 is 15.4 Å². The van der Waals surface area contributed by atoms with Gasteiger partial charge in [-0.15, -0.1) is 0 Å². The molecule has 0 aliphatic heterocycles. The zero-order chi connectivity index (χ0) is 25.6. The molecular formula is C26H40N2O5. The molecule has 2 amide bonds. The van der Waals surface area contributed by atoms with Crippen LogP contribution in [0.15, 0.2) is 24.3 Å². The lowest BCUT2D eigenvalue weighted by Gasteiger charge is -2.26. The van der Waals surface area contributed by atoms with Gasteiger partial charge >= 0.3 is 5.97 Å². The van der Waals surface area contributed by atoms with Crippen molar-refractivity contribution in [3.8, 4) is 0 Å². The molecule has 0 aliphatic carbocycles. The molecule has 7 heteroatoms. The summed E-state index contributed by atoms with van der Waals surface area (Å²) in [5.74, 6) is -1.56. The molecule has 0 saturated carbocycles. The van der Waals surface area contributed by atoms with Crippen LogP contribution in [0.1, 0.15) is 74.3 Å². The number of ether oxygens (including phenoxy) is 1. The Labute approximate surface area is 198 Å². The fourth-order valence-electron chi connectivity index (χ4n) is 2.81. The number of benzene rings is 1. The van der Waals surface area contributed by atoms with Crippen LogP contribution < -0.4 is 10.6 Å². The second kappa shape index (κ2) is 11.4. The van der Waals surface area contributed by atoms with Crippen LogP contribution in [0.25, 0.3) is 0 Å². The highest BCUT2D eigenvalue weighted by molar-refractivity contribution is 5.97. The lowest BCUT2D eigenvalue weighted by molar-refractivity contribution is -0.154. The smallest absolute Gasteiger partial charge is 0.311 e. The molecule has 0 heterocycles. The molecule has 0 radical (unpaired) electrons. The minimum Gasteiger partial charge on any atom is -0.460 e. The number of rotatable bonds is 9. The van der Waals surface area contributed by atoms with Crippen LogP contribution in [0.5, 0.6) is 0 Å². The molecule has 1 aromatic rings.